The maximum Gasteiger partial charge on any atom is 0.345 e. The minimum atomic E-state index is -0.600. The topological polar surface area (TPSA) is 77.0 Å². The summed E-state index contributed by atoms with van der Waals surface area (Å²) in [5, 5.41) is 5.27. The molecule has 186 valence electrons. The first kappa shape index (κ1) is 26.2. The number of rotatable bonds is 8. The van der Waals surface area contributed by atoms with Crippen LogP contribution in [0.5, 0.6) is 11.5 Å². The van der Waals surface area contributed by atoms with Crippen LogP contribution >= 0.6 is 34.8 Å². The first-order chi connectivity index (χ1) is 17.9. The number of hydrogen-bond donors (Lipinski definition) is 1. The van der Waals surface area contributed by atoms with Crippen molar-refractivity contribution in [2.75, 3.05) is 0 Å². The second kappa shape index (κ2) is 12.4. The molecule has 37 heavy (non-hydrogen) atoms. The monoisotopic (exact) mass is 552 g/mol. The van der Waals surface area contributed by atoms with Crippen LogP contribution in [0, 0.1) is 0 Å². The van der Waals surface area contributed by atoms with Crippen LogP contribution in [0.2, 0.25) is 15.1 Å². The fourth-order valence-corrected chi connectivity index (χ4v) is 3.73. The summed E-state index contributed by atoms with van der Waals surface area (Å²) in [5.41, 5.74) is 4.79. The second-order valence-corrected chi connectivity index (χ2v) is 9.00. The summed E-state index contributed by atoms with van der Waals surface area (Å²) in [4.78, 5) is 24.7. The molecule has 1 amide bonds. The van der Waals surface area contributed by atoms with Crippen LogP contribution in [0.4, 0.5) is 0 Å². The number of halogens is 3. The summed E-state index contributed by atoms with van der Waals surface area (Å²) in [7, 11) is 0. The molecule has 4 aromatic rings. The van der Waals surface area contributed by atoms with Gasteiger partial charge in [-0.3, -0.25) is 4.79 Å². The number of esters is 1. The van der Waals surface area contributed by atoms with Crippen LogP contribution in [0.25, 0.3) is 0 Å². The van der Waals surface area contributed by atoms with Gasteiger partial charge in [-0.2, -0.15) is 5.10 Å². The molecule has 0 unspecified atom stereocenters. The van der Waals surface area contributed by atoms with Crippen LogP contribution in [-0.2, 0) is 6.61 Å². The quantitative estimate of drug-likeness (QED) is 0.108. The molecule has 0 radical (unpaired) electrons. The molecule has 0 aliphatic heterocycles. The van der Waals surface area contributed by atoms with Crippen LogP contribution in [0.1, 0.15) is 31.8 Å². The summed E-state index contributed by atoms with van der Waals surface area (Å²) >= 11 is 17.8. The van der Waals surface area contributed by atoms with E-state index in [1.807, 2.05) is 12.1 Å². The Labute approximate surface area is 228 Å². The molecule has 0 aromatic heterocycles. The van der Waals surface area contributed by atoms with E-state index in [1.165, 1.54) is 18.3 Å². The van der Waals surface area contributed by atoms with Gasteiger partial charge in [0.05, 0.1) is 16.8 Å². The zero-order chi connectivity index (χ0) is 26.2. The van der Waals surface area contributed by atoms with Crippen molar-refractivity contribution in [3.05, 3.63) is 128 Å². The molecular formula is C28H19Cl3N2O4. The highest BCUT2D eigenvalue weighted by Gasteiger charge is 2.13. The number of hydrazone groups is 1. The lowest BCUT2D eigenvalue weighted by Crippen LogP contribution is -2.17. The highest BCUT2D eigenvalue weighted by Crippen LogP contribution is 2.23. The highest BCUT2D eigenvalue weighted by molar-refractivity contribution is 6.36. The maximum absolute atomic E-state index is 12.4. The van der Waals surface area contributed by atoms with Crippen molar-refractivity contribution in [3.63, 3.8) is 0 Å². The van der Waals surface area contributed by atoms with Crippen LogP contribution in [0.15, 0.2) is 96.1 Å². The van der Waals surface area contributed by atoms with E-state index in [4.69, 9.17) is 44.3 Å². The van der Waals surface area contributed by atoms with Gasteiger partial charge in [-0.25, -0.2) is 10.2 Å². The van der Waals surface area contributed by atoms with Crippen molar-refractivity contribution in [2.24, 2.45) is 5.10 Å². The van der Waals surface area contributed by atoms with Crippen molar-refractivity contribution < 1.29 is 19.1 Å². The Hall–Kier alpha value is -3.84. The molecule has 0 aliphatic carbocycles. The zero-order valence-corrected chi connectivity index (χ0v) is 21.4. The van der Waals surface area contributed by atoms with Gasteiger partial charge in [-0.1, -0.05) is 46.9 Å². The summed E-state index contributed by atoms with van der Waals surface area (Å²) in [6, 6.07) is 25.2. The van der Waals surface area contributed by atoms with Crippen LogP contribution in [-0.4, -0.2) is 18.1 Å². The first-order valence-corrected chi connectivity index (χ1v) is 12.1. The lowest BCUT2D eigenvalue weighted by atomic mass is 10.2. The zero-order valence-electron chi connectivity index (χ0n) is 19.2. The number of carbonyl (C=O) groups is 2. The Morgan fingerprint density at radius 2 is 1.43 bits per heavy atom. The van der Waals surface area contributed by atoms with Gasteiger partial charge in [0, 0.05) is 15.6 Å². The van der Waals surface area contributed by atoms with Gasteiger partial charge in [0.2, 0.25) is 0 Å². The Morgan fingerprint density at radius 3 is 2.11 bits per heavy atom. The summed E-state index contributed by atoms with van der Waals surface area (Å²) in [6.07, 6.45) is 1.48. The third-order valence-electron chi connectivity index (χ3n) is 5.06. The second-order valence-electron chi connectivity index (χ2n) is 7.72. The number of ether oxygens (including phenoxy) is 2. The average Bonchev–Trinajstić information content (AvgIpc) is 2.89. The van der Waals surface area contributed by atoms with E-state index < -0.39 is 5.97 Å². The molecule has 4 rings (SSSR count). The molecule has 9 heteroatoms. The number of carbonyl (C=O) groups excluding carboxylic acids is 2. The van der Waals surface area contributed by atoms with Gasteiger partial charge in [0.25, 0.3) is 5.91 Å². The van der Waals surface area contributed by atoms with Gasteiger partial charge in [-0.05, 0) is 90.0 Å². The van der Waals surface area contributed by atoms with E-state index >= 15 is 0 Å². The van der Waals surface area contributed by atoms with Gasteiger partial charge in [-0.15, -0.1) is 0 Å². The van der Waals surface area contributed by atoms with Crippen molar-refractivity contribution in [3.8, 4) is 11.5 Å². The number of benzene rings is 4. The van der Waals surface area contributed by atoms with Crippen LogP contribution < -0.4 is 14.9 Å². The molecule has 0 bridgehead atoms. The number of nitrogens with one attached hydrogen (secondary N) is 1. The Bertz CT molecular complexity index is 1420. The molecule has 4 aromatic carbocycles. The van der Waals surface area contributed by atoms with Crippen molar-refractivity contribution in [2.45, 2.75) is 6.61 Å². The van der Waals surface area contributed by atoms with Crippen molar-refractivity contribution in [1.82, 2.24) is 5.43 Å². The van der Waals surface area contributed by atoms with Crippen molar-refractivity contribution in [1.29, 1.82) is 0 Å². The van der Waals surface area contributed by atoms with Crippen molar-refractivity contribution >= 4 is 52.9 Å². The standard InChI is InChI=1S/C28H19Cl3N2O4/c29-21-7-1-19(2-8-21)17-36-23-12-5-20(6-13-23)27(34)33-32-16-18-3-10-24(11-4-18)37-28(35)25-14-9-22(30)15-26(25)31/h1-16H,17H2,(H,33,34). The lowest BCUT2D eigenvalue weighted by Gasteiger charge is -2.07. The van der Waals surface area contributed by atoms with Gasteiger partial charge < -0.3 is 9.47 Å². The molecule has 0 atom stereocenters. The first-order valence-electron chi connectivity index (χ1n) is 11.0. The molecule has 0 aliphatic rings. The van der Waals surface area contributed by atoms with E-state index in [-0.39, 0.29) is 16.5 Å². The lowest BCUT2D eigenvalue weighted by molar-refractivity contribution is 0.0734. The highest BCUT2D eigenvalue weighted by atomic mass is 35.5. The average molecular weight is 554 g/mol. The van der Waals surface area contributed by atoms with Gasteiger partial charge in [0.1, 0.15) is 18.1 Å². The molecule has 0 saturated heterocycles. The molecule has 0 saturated carbocycles. The predicted octanol–water partition coefficient (Wildman–Crippen LogP) is 7.21. The van der Waals surface area contributed by atoms with Gasteiger partial charge >= 0.3 is 5.97 Å². The Morgan fingerprint density at radius 1 is 0.784 bits per heavy atom. The molecule has 6 nitrogen and oxygen atoms in total. The summed E-state index contributed by atoms with van der Waals surface area (Å²) in [5.74, 6) is -0.00709. The molecule has 0 fully saturated rings. The number of hydrogen-bond acceptors (Lipinski definition) is 5. The molecule has 0 heterocycles. The molecule has 0 spiro atoms. The predicted molar refractivity (Wildman–Crippen MR) is 145 cm³/mol. The van der Waals surface area contributed by atoms with E-state index in [0.717, 1.165) is 5.56 Å². The third kappa shape index (κ3) is 7.57. The maximum atomic E-state index is 12.4. The minimum Gasteiger partial charge on any atom is -0.489 e. The number of nitrogens with zero attached hydrogens (tertiary/aromatic N) is 1. The third-order valence-corrected chi connectivity index (χ3v) is 5.86. The van der Waals surface area contributed by atoms with E-state index in [2.05, 4.69) is 10.5 Å². The van der Waals surface area contributed by atoms with E-state index in [0.29, 0.717) is 39.3 Å². The fraction of sp³-hybridized carbons (Fsp3) is 0.0357. The number of amides is 1. The summed E-state index contributed by atoms with van der Waals surface area (Å²) < 4.78 is 11.1. The smallest absolute Gasteiger partial charge is 0.345 e. The fourth-order valence-electron chi connectivity index (χ4n) is 3.12. The van der Waals surface area contributed by atoms with E-state index in [9.17, 15) is 9.59 Å². The SMILES string of the molecule is O=C(NN=Cc1ccc(OC(=O)c2ccc(Cl)cc2Cl)cc1)c1ccc(OCc2ccc(Cl)cc2)cc1. The molecule has 1 N–H and O–H groups in total. The normalized spacial score (nSPS) is 10.8. The Balaban J connectivity index is 1.26. The minimum absolute atomic E-state index is 0.206. The largest absolute Gasteiger partial charge is 0.489 e. The van der Waals surface area contributed by atoms with Crippen LogP contribution in [0.3, 0.4) is 0 Å². The Kier molecular flexibility index (Phi) is 8.80. The molecular weight excluding hydrogens is 535 g/mol. The van der Waals surface area contributed by atoms with Gasteiger partial charge in [0.15, 0.2) is 0 Å². The van der Waals surface area contributed by atoms with E-state index in [1.54, 1.807) is 66.7 Å². The summed E-state index contributed by atoms with van der Waals surface area (Å²) in [6.45, 7) is 0.389.